The summed E-state index contributed by atoms with van der Waals surface area (Å²) in [5, 5.41) is 0. The number of halogens is 1. The molecule has 2 aromatic rings. The Kier molecular flexibility index (Phi) is 3.58. The van der Waals surface area contributed by atoms with Crippen molar-refractivity contribution in [2.24, 2.45) is 0 Å². The summed E-state index contributed by atoms with van der Waals surface area (Å²) < 4.78 is 1.03. The third-order valence-corrected chi connectivity index (χ3v) is 4.51. The summed E-state index contributed by atoms with van der Waals surface area (Å²) in [6, 6.07) is 16.0. The molecule has 0 unspecified atom stereocenters. The zero-order valence-electron chi connectivity index (χ0n) is 12.2. The average molecular weight is 341 g/mol. The van der Waals surface area contributed by atoms with E-state index in [1.165, 1.54) is 0 Å². The summed E-state index contributed by atoms with van der Waals surface area (Å²) in [4.78, 5) is 12.7. The van der Waals surface area contributed by atoms with Gasteiger partial charge in [0, 0.05) is 15.6 Å². The predicted molar refractivity (Wildman–Crippen MR) is 90.5 cm³/mol. The Morgan fingerprint density at radius 3 is 2.62 bits per heavy atom. The lowest BCUT2D eigenvalue weighted by atomic mass is 9.70. The molecule has 0 heterocycles. The second-order valence-corrected chi connectivity index (χ2v) is 7.08. The Labute approximate surface area is 133 Å². The van der Waals surface area contributed by atoms with Gasteiger partial charge in [-0.3, -0.25) is 4.79 Å². The number of hydrogen-bond acceptors (Lipinski definition) is 1. The first-order valence-electron chi connectivity index (χ1n) is 7.08. The van der Waals surface area contributed by atoms with Gasteiger partial charge in [-0.25, -0.2) is 0 Å². The second-order valence-electron chi connectivity index (χ2n) is 6.16. The molecule has 0 aromatic heterocycles. The van der Waals surface area contributed by atoms with Gasteiger partial charge in [0.1, 0.15) is 0 Å². The molecule has 106 valence electrons. The van der Waals surface area contributed by atoms with Gasteiger partial charge < -0.3 is 0 Å². The van der Waals surface area contributed by atoms with Gasteiger partial charge in [-0.2, -0.15) is 0 Å². The van der Waals surface area contributed by atoms with Crippen LogP contribution in [-0.4, -0.2) is 5.78 Å². The first-order valence-corrected chi connectivity index (χ1v) is 7.87. The van der Waals surface area contributed by atoms with Crippen molar-refractivity contribution in [3.05, 3.63) is 75.3 Å². The topological polar surface area (TPSA) is 17.1 Å². The molecule has 21 heavy (non-hydrogen) atoms. The van der Waals surface area contributed by atoms with Crippen LogP contribution in [0.5, 0.6) is 0 Å². The van der Waals surface area contributed by atoms with Crippen LogP contribution >= 0.6 is 15.9 Å². The molecule has 3 rings (SSSR count). The summed E-state index contributed by atoms with van der Waals surface area (Å²) in [5.74, 6) is 0.157. The van der Waals surface area contributed by atoms with Gasteiger partial charge in [-0.15, -0.1) is 0 Å². The van der Waals surface area contributed by atoms with E-state index in [0.29, 0.717) is 0 Å². The molecular formula is C19H17BrO. The molecule has 0 saturated carbocycles. The van der Waals surface area contributed by atoms with Gasteiger partial charge in [0.2, 0.25) is 0 Å². The minimum absolute atomic E-state index is 0.0116. The largest absolute Gasteiger partial charge is 0.289 e. The highest BCUT2D eigenvalue weighted by atomic mass is 79.9. The molecule has 0 fully saturated rings. The van der Waals surface area contributed by atoms with E-state index < -0.39 is 0 Å². The van der Waals surface area contributed by atoms with Crippen LogP contribution in [0.3, 0.4) is 0 Å². The quantitative estimate of drug-likeness (QED) is 0.635. The fraction of sp³-hybridized carbons (Fsp3) is 0.211. The van der Waals surface area contributed by atoms with Gasteiger partial charge in [0.05, 0.1) is 0 Å². The van der Waals surface area contributed by atoms with E-state index in [9.17, 15) is 4.79 Å². The van der Waals surface area contributed by atoms with E-state index in [2.05, 4.69) is 35.8 Å². The van der Waals surface area contributed by atoms with Crippen LogP contribution < -0.4 is 0 Å². The molecule has 0 amide bonds. The molecule has 0 aliphatic heterocycles. The Balaban J connectivity index is 2.09. The minimum Gasteiger partial charge on any atom is -0.289 e. The zero-order valence-corrected chi connectivity index (χ0v) is 13.8. The van der Waals surface area contributed by atoms with E-state index in [1.807, 2.05) is 48.5 Å². The summed E-state index contributed by atoms with van der Waals surface area (Å²) in [7, 11) is 0. The number of carbonyl (C=O) groups excluding carboxylic acids is 1. The highest BCUT2D eigenvalue weighted by Gasteiger charge is 2.34. The van der Waals surface area contributed by atoms with Crippen molar-refractivity contribution in [3.8, 4) is 0 Å². The van der Waals surface area contributed by atoms with Gasteiger partial charge in [-0.1, -0.05) is 66.2 Å². The molecule has 2 aromatic carbocycles. The molecule has 1 aliphatic carbocycles. The molecular weight excluding hydrogens is 324 g/mol. The van der Waals surface area contributed by atoms with Crippen LogP contribution in [-0.2, 0) is 5.41 Å². The third kappa shape index (κ3) is 2.73. The van der Waals surface area contributed by atoms with Crippen LogP contribution in [0.25, 0.3) is 6.08 Å². The molecule has 0 radical (unpaired) electrons. The second kappa shape index (κ2) is 5.27. The summed E-state index contributed by atoms with van der Waals surface area (Å²) in [6.07, 6.45) is 2.79. The van der Waals surface area contributed by atoms with E-state index in [-0.39, 0.29) is 11.2 Å². The fourth-order valence-corrected chi connectivity index (χ4v) is 3.43. The van der Waals surface area contributed by atoms with Gasteiger partial charge >= 0.3 is 0 Å². The number of carbonyl (C=O) groups is 1. The number of hydrogen-bond donors (Lipinski definition) is 0. The maximum absolute atomic E-state index is 12.7. The third-order valence-electron chi connectivity index (χ3n) is 4.01. The van der Waals surface area contributed by atoms with E-state index >= 15 is 0 Å². The lowest BCUT2D eigenvalue weighted by molar-refractivity contribution is 0.101. The lowest BCUT2D eigenvalue weighted by Crippen LogP contribution is -2.29. The summed E-state index contributed by atoms with van der Waals surface area (Å²) in [5.41, 5.74) is 3.93. The van der Waals surface area contributed by atoms with Gasteiger partial charge in [0.15, 0.2) is 5.78 Å². The Morgan fingerprint density at radius 2 is 1.86 bits per heavy atom. The van der Waals surface area contributed by atoms with Crippen LogP contribution in [0.4, 0.5) is 0 Å². The van der Waals surface area contributed by atoms with Crippen LogP contribution in [0.2, 0.25) is 0 Å². The smallest absolute Gasteiger partial charge is 0.189 e. The number of allylic oxidation sites excluding steroid dienone is 1. The first kappa shape index (κ1) is 14.3. The minimum atomic E-state index is -0.0116. The lowest BCUT2D eigenvalue weighted by Gasteiger charge is -2.33. The molecule has 0 atom stereocenters. The van der Waals surface area contributed by atoms with Gasteiger partial charge in [-0.05, 0) is 41.2 Å². The number of benzene rings is 2. The standard InChI is InChI=1S/C19H17BrO/c1-19(2)12-14(10-13-6-5-7-15(20)11-13)18(21)16-8-3-4-9-17(16)19/h3-11H,12H2,1-2H3/b14-10-. The maximum atomic E-state index is 12.7. The fourth-order valence-electron chi connectivity index (χ4n) is 3.01. The van der Waals surface area contributed by atoms with E-state index in [4.69, 9.17) is 0 Å². The highest BCUT2D eigenvalue weighted by molar-refractivity contribution is 9.10. The van der Waals surface area contributed by atoms with E-state index in [1.54, 1.807) is 0 Å². The Bertz CT molecular complexity index is 741. The average Bonchev–Trinajstić information content (AvgIpc) is 2.44. The Hall–Kier alpha value is -1.67. The van der Waals surface area contributed by atoms with Crippen molar-refractivity contribution < 1.29 is 4.79 Å². The van der Waals surface area contributed by atoms with Crippen molar-refractivity contribution in [2.45, 2.75) is 25.7 Å². The molecule has 1 nitrogen and oxygen atoms in total. The Morgan fingerprint density at radius 1 is 1.10 bits per heavy atom. The summed E-state index contributed by atoms with van der Waals surface area (Å²) in [6.45, 7) is 4.40. The summed E-state index contributed by atoms with van der Waals surface area (Å²) >= 11 is 3.48. The molecule has 0 saturated heterocycles. The van der Waals surface area contributed by atoms with E-state index in [0.717, 1.165) is 33.2 Å². The van der Waals surface area contributed by atoms with Crippen LogP contribution in [0.1, 0.15) is 41.8 Å². The maximum Gasteiger partial charge on any atom is 0.189 e. The van der Waals surface area contributed by atoms with Crippen LogP contribution in [0.15, 0.2) is 58.6 Å². The molecule has 2 heteroatoms. The van der Waals surface area contributed by atoms with Crippen molar-refractivity contribution in [2.75, 3.05) is 0 Å². The van der Waals surface area contributed by atoms with Crippen molar-refractivity contribution in [1.82, 2.24) is 0 Å². The van der Waals surface area contributed by atoms with Crippen molar-refractivity contribution >= 4 is 27.8 Å². The van der Waals surface area contributed by atoms with Crippen LogP contribution in [0, 0.1) is 0 Å². The highest BCUT2D eigenvalue weighted by Crippen LogP contribution is 2.39. The van der Waals surface area contributed by atoms with Crippen molar-refractivity contribution in [3.63, 3.8) is 0 Å². The molecule has 0 spiro atoms. The predicted octanol–water partition coefficient (Wildman–Crippen LogP) is 5.40. The normalized spacial score (nSPS) is 18.6. The number of fused-ring (bicyclic) bond motifs is 1. The van der Waals surface area contributed by atoms with Crippen molar-refractivity contribution in [1.29, 1.82) is 0 Å². The first-order chi connectivity index (χ1) is 9.97. The molecule has 1 aliphatic rings. The number of ketones is 1. The zero-order chi connectivity index (χ0) is 15.0. The molecule has 0 N–H and O–H groups in total. The monoisotopic (exact) mass is 340 g/mol. The molecule has 0 bridgehead atoms. The number of Topliss-reactive ketones (excluding diaryl/α,β-unsaturated/α-hetero) is 1. The number of rotatable bonds is 1. The SMILES string of the molecule is CC1(C)C/C(=C/c2cccc(Br)c2)C(=O)c2ccccc21. The van der Waals surface area contributed by atoms with Gasteiger partial charge in [0.25, 0.3) is 0 Å².